The Bertz CT molecular complexity index is 866. The summed E-state index contributed by atoms with van der Waals surface area (Å²) < 4.78 is 7.28. The molecule has 0 unspecified atom stereocenters. The number of aliphatic hydroxyl groups is 1. The van der Waals surface area contributed by atoms with E-state index < -0.39 is 0 Å². The Morgan fingerprint density at radius 1 is 1.31 bits per heavy atom. The fraction of sp³-hybridized carbons (Fsp3) is 0.680. The molecule has 0 bridgehead atoms. The first-order valence-corrected chi connectivity index (χ1v) is 12.1. The zero-order valence-corrected chi connectivity index (χ0v) is 20.1. The Labute approximate surface area is 192 Å². The number of nitrogens with one attached hydrogen (secondary N) is 1. The molecule has 2 aromatic rings. The van der Waals surface area contributed by atoms with Gasteiger partial charge in [0.25, 0.3) is 5.91 Å². The highest BCUT2D eigenvalue weighted by molar-refractivity contribution is 5.95. The monoisotopic (exact) mass is 444 g/mol. The van der Waals surface area contributed by atoms with E-state index in [1.54, 1.807) is 7.11 Å². The summed E-state index contributed by atoms with van der Waals surface area (Å²) in [5.74, 6) is 1.01. The number of aryl methyl sites for hydroxylation is 1. The number of ether oxygens (including phenoxy) is 1. The van der Waals surface area contributed by atoms with Crippen LogP contribution in [0.1, 0.15) is 57.1 Å². The van der Waals surface area contributed by atoms with Crippen LogP contribution in [-0.2, 0) is 11.3 Å². The van der Waals surface area contributed by atoms with Crippen molar-refractivity contribution in [1.82, 2.24) is 19.8 Å². The first-order chi connectivity index (χ1) is 15.5. The third kappa shape index (κ3) is 5.88. The maximum atomic E-state index is 13.9. The molecule has 7 heteroatoms. The van der Waals surface area contributed by atoms with Crippen LogP contribution in [0.4, 0.5) is 0 Å². The first kappa shape index (κ1) is 24.7. The molecule has 178 valence electrons. The number of rotatable bonds is 11. The zero-order chi connectivity index (χ0) is 23.1. The minimum Gasteiger partial charge on any atom is -0.393 e. The Morgan fingerprint density at radius 3 is 2.81 bits per heavy atom. The standard InChI is InChI=1S/C25H40N4O3/c1-5-23(30)19-14-20(16-26-15-19)29(17-18(2)3)25(31)24-27-21-10-6-7-11-22(21)28(24)12-8-9-13-32-4/h6-7,10-11,18-20,23,26,30H,5,8-9,12-17H2,1-4H3/t19-,20+,23-/m1/s1. The second-order valence-corrected chi connectivity index (χ2v) is 9.41. The smallest absolute Gasteiger partial charge is 0.290 e. The summed E-state index contributed by atoms with van der Waals surface area (Å²) in [6, 6.07) is 8.02. The van der Waals surface area contributed by atoms with Crippen molar-refractivity contribution < 1.29 is 14.6 Å². The average molecular weight is 445 g/mol. The highest BCUT2D eigenvalue weighted by atomic mass is 16.5. The number of methoxy groups -OCH3 is 1. The lowest BCUT2D eigenvalue weighted by Gasteiger charge is -2.40. The SMILES string of the molecule is CC[C@@H](O)[C@H]1CNC[C@@H](N(CC(C)C)C(=O)c2nc3ccccc3n2CCCCOC)C1. The number of para-hydroxylation sites is 2. The number of carbonyl (C=O) groups excluding carboxylic acids is 1. The van der Waals surface area contributed by atoms with E-state index in [2.05, 4.69) is 23.7 Å². The molecule has 3 atom stereocenters. The number of unbranched alkanes of at least 4 members (excludes halogenated alkanes) is 1. The maximum absolute atomic E-state index is 13.9. The second kappa shape index (κ2) is 11.8. The van der Waals surface area contributed by atoms with E-state index in [0.717, 1.165) is 56.4 Å². The van der Waals surface area contributed by atoms with Crippen LogP contribution in [0, 0.1) is 11.8 Å². The second-order valence-electron chi connectivity index (χ2n) is 9.41. The lowest BCUT2D eigenvalue weighted by Crippen LogP contribution is -2.54. The van der Waals surface area contributed by atoms with Crippen molar-refractivity contribution >= 4 is 16.9 Å². The summed E-state index contributed by atoms with van der Waals surface area (Å²) in [5.41, 5.74) is 1.85. The predicted molar refractivity (Wildman–Crippen MR) is 128 cm³/mol. The fourth-order valence-corrected chi connectivity index (χ4v) is 4.72. The molecular formula is C25H40N4O3. The number of carbonyl (C=O) groups is 1. The number of aromatic nitrogens is 2. The lowest BCUT2D eigenvalue weighted by molar-refractivity contribution is 0.0383. The maximum Gasteiger partial charge on any atom is 0.290 e. The highest BCUT2D eigenvalue weighted by Crippen LogP contribution is 2.25. The highest BCUT2D eigenvalue weighted by Gasteiger charge is 2.34. The summed E-state index contributed by atoms with van der Waals surface area (Å²) in [6.07, 6.45) is 3.07. The van der Waals surface area contributed by atoms with Crippen molar-refractivity contribution in [2.45, 2.75) is 65.1 Å². The number of aliphatic hydroxyl groups excluding tert-OH is 1. The number of hydrogen-bond acceptors (Lipinski definition) is 5. The van der Waals surface area contributed by atoms with Crippen molar-refractivity contribution in [2.24, 2.45) is 11.8 Å². The van der Waals surface area contributed by atoms with Gasteiger partial charge in [-0.1, -0.05) is 32.9 Å². The topological polar surface area (TPSA) is 79.6 Å². The van der Waals surface area contributed by atoms with Gasteiger partial charge in [-0.3, -0.25) is 4.79 Å². The third-order valence-electron chi connectivity index (χ3n) is 6.41. The average Bonchev–Trinajstić information content (AvgIpc) is 3.18. The lowest BCUT2D eigenvalue weighted by atomic mass is 9.88. The van der Waals surface area contributed by atoms with Gasteiger partial charge in [-0.25, -0.2) is 4.98 Å². The molecule has 1 aromatic carbocycles. The summed E-state index contributed by atoms with van der Waals surface area (Å²) in [4.78, 5) is 20.7. The van der Waals surface area contributed by atoms with Gasteiger partial charge in [0.15, 0.2) is 5.82 Å². The molecule has 1 fully saturated rings. The number of amides is 1. The van der Waals surface area contributed by atoms with Gasteiger partial charge in [0, 0.05) is 45.9 Å². The first-order valence-electron chi connectivity index (χ1n) is 12.1. The van der Waals surface area contributed by atoms with E-state index in [-0.39, 0.29) is 24.0 Å². The van der Waals surface area contributed by atoms with Crippen LogP contribution in [0.5, 0.6) is 0 Å². The third-order valence-corrected chi connectivity index (χ3v) is 6.41. The molecule has 1 saturated heterocycles. The van der Waals surface area contributed by atoms with Gasteiger partial charge in [0.2, 0.25) is 0 Å². The molecular weight excluding hydrogens is 404 g/mol. The van der Waals surface area contributed by atoms with Crippen LogP contribution in [0.2, 0.25) is 0 Å². The number of nitrogens with zero attached hydrogens (tertiary/aromatic N) is 3. The van der Waals surface area contributed by atoms with Crippen molar-refractivity contribution in [3.05, 3.63) is 30.1 Å². The van der Waals surface area contributed by atoms with Crippen LogP contribution >= 0.6 is 0 Å². The zero-order valence-electron chi connectivity index (χ0n) is 20.1. The van der Waals surface area contributed by atoms with E-state index >= 15 is 0 Å². The molecule has 2 heterocycles. The molecule has 0 spiro atoms. The molecule has 32 heavy (non-hydrogen) atoms. The summed E-state index contributed by atoms with van der Waals surface area (Å²) >= 11 is 0. The molecule has 7 nitrogen and oxygen atoms in total. The largest absolute Gasteiger partial charge is 0.393 e. The minimum atomic E-state index is -0.341. The van der Waals surface area contributed by atoms with Gasteiger partial charge < -0.3 is 24.6 Å². The Morgan fingerprint density at radius 2 is 2.09 bits per heavy atom. The molecule has 0 aliphatic carbocycles. The van der Waals surface area contributed by atoms with E-state index in [1.165, 1.54) is 0 Å². The number of fused-ring (bicyclic) bond motifs is 1. The van der Waals surface area contributed by atoms with Crippen molar-refractivity contribution in [2.75, 3.05) is 33.4 Å². The predicted octanol–water partition coefficient (Wildman–Crippen LogP) is 3.31. The molecule has 1 aliphatic heterocycles. The van der Waals surface area contributed by atoms with E-state index in [1.807, 2.05) is 36.1 Å². The van der Waals surface area contributed by atoms with Crippen LogP contribution < -0.4 is 5.32 Å². The van der Waals surface area contributed by atoms with Crippen molar-refractivity contribution in [3.8, 4) is 0 Å². The van der Waals surface area contributed by atoms with Crippen LogP contribution in [0.25, 0.3) is 11.0 Å². The number of hydrogen-bond donors (Lipinski definition) is 2. The molecule has 0 saturated carbocycles. The van der Waals surface area contributed by atoms with Crippen LogP contribution in [-0.4, -0.2) is 71.0 Å². The fourth-order valence-electron chi connectivity index (χ4n) is 4.72. The number of benzene rings is 1. The minimum absolute atomic E-state index is 0.0138. The molecule has 0 radical (unpaired) electrons. The van der Waals surface area contributed by atoms with Crippen LogP contribution in [0.15, 0.2) is 24.3 Å². The van der Waals surface area contributed by atoms with E-state index in [4.69, 9.17) is 9.72 Å². The Kier molecular flexibility index (Phi) is 9.08. The van der Waals surface area contributed by atoms with E-state index in [0.29, 0.717) is 24.9 Å². The number of piperidine rings is 1. The Hall–Kier alpha value is -1.96. The normalized spacial score (nSPS) is 20.1. The molecule has 1 amide bonds. The molecule has 1 aromatic heterocycles. The molecule has 2 N–H and O–H groups in total. The summed E-state index contributed by atoms with van der Waals surface area (Å²) in [6.45, 7) is 9.97. The van der Waals surface area contributed by atoms with Gasteiger partial charge >= 0.3 is 0 Å². The molecule has 1 aliphatic rings. The van der Waals surface area contributed by atoms with Gasteiger partial charge in [-0.2, -0.15) is 0 Å². The van der Waals surface area contributed by atoms with E-state index in [9.17, 15) is 9.90 Å². The van der Waals surface area contributed by atoms with Gasteiger partial charge in [-0.05, 0) is 49.7 Å². The summed E-state index contributed by atoms with van der Waals surface area (Å²) in [5, 5.41) is 13.9. The quantitative estimate of drug-likeness (QED) is 0.520. The van der Waals surface area contributed by atoms with Gasteiger partial charge in [-0.15, -0.1) is 0 Å². The van der Waals surface area contributed by atoms with Gasteiger partial charge in [0.1, 0.15) is 0 Å². The Balaban J connectivity index is 1.90. The van der Waals surface area contributed by atoms with Crippen LogP contribution in [0.3, 0.4) is 0 Å². The molecule has 3 rings (SSSR count). The van der Waals surface area contributed by atoms with Crippen molar-refractivity contribution in [1.29, 1.82) is 0 Å². The summed E-state index contributed by atoms with van der Waals surface area (Å²) in [7, 11) is 1.71. The van der Waals surface area contributed by atoms with Crippen molar-refractivity contribution in [3.63, 3.8) is 0 Å². The number of imidazole rings is 1. The van der Waals surface area contributed by atoms with Gasteiger partial charge in [0.05, 0.1) is 17.1 Å².